The number of nitrogens with two attached hydrogens (primary N) is 1. The van der Waals surface area contributed by atoms with Gasteiger partial charge in [-0.3, -0.25) is 4.79 Å². The van der Waals surface area contributed by atoms with Crippen LogP contribution in [0.25, 0.3) is 0 Å². The van der Waals surface area contributed by atoms with E-state index in [0.29, 0.717) is 11.4 Å². The van der Waals surface area contributed by atoms with Gasteiger partial charge in [-0.25, -0.2) is 8.78 Å². The van der Waals surface area contributed by atoms with Crippen LogP contribution in [0, 0.1) is 5.92 Å². The van der Waals surface area contributed by atoms with Crippen LogP contribution in [0.4, 0.5) is 20.2 Å². The van der Waals surface area contributed by atoms with E-state index in [9.17, 15) is 13.6 Å². The number of nitrogens with zero attached hydrogens (tertiary/aromatic N) is 1. The van der Waals surface area contributed by atoms with Gasteiger partial charge in [0.2, 0.25) is 11.8 Å². The molecule has 0 aliphatic heterocycles. The first-order chi connectivity index (χ1) is 8.39. The predicted octanol–water partition coefficient (Wildman–Crippen LogP) is 2.67. The van der Waals surface area contributed by atoms with E-state index in [1.54, 1.807) is 31.3 Å². The van der Waals surface area contributed by atoms with Crippen molar-refractivity contribution in [2.24, 2.45) is 5.92 Å². The van der Waals surface area contributed by atoms with Gasteiger partial charge in [0, 0.05) is 37.2 Å². The van der Waals surface area contributed by atoms with Crippen LogP contribution in [0.2, 0.25) is 0 Å². The molecule has 1 aliphatic rings. The molecule has 3 nitrogen and oxygen atoms in total. The molecule has 1 aliphatic carbocycles. The Labute approximate surface area is 105 Å². The van der Waals surface area contributed by atoms with Crippen molar-refractivity contribution in [1.82, 2.24) is 0 Å². The zero-order valence-electron chi connectivity index (χ0n) is 10.2. The first-order valence-corrected chi connectivity index (χ1v) is 5.90. The van der Waals surface area contributed by atoms with Crippen LogP contribution >= 0.6 is 0 Å². The number of nitrogen functional groups attached to an aromatic ring is 1. The number of alkyl halides is 2. The molecule has 2 rings (SSSR count). The van der Waals surface area contributed by atoms with Crippen LogP contribution < -0.4 is 10.6 Å². The number of rotatable bonds is 2. The van der Waals surface area contributed by atoms with Gasteiger partial charge >= 0.3 is 0 Å². The molecule has 1 fully saturated rings. The fourth-order valence-corrected chi connectivity index (χ4v) is 2.26. The van der Waals surface area contributed by atoms with Crippen molar-refractivity contribution in [3.8, 4) is 0 Å². The quantitative estimate of drug-likeness (QED) is 0.825. The lowest BCUT2D eigenvalue weighted by Crippen LogP contribution is -2.32. The van der Waals surface area contributed by atoms with Crippen molar-refractivity contribution < 1.29 is 13.6 Å². The van der Waals surface area contributed by atoms with Crippen molar-refractivity contribution in [2.75, 3.05) is 17.7 Å². The van der Waals surface area contributed by atoms with E-state index in [-0.39, 0.29) is 25.2 Å². The fourth-order valence-electron chi connectivity index (χ4n) is 2.26. The molecule has 1 aromatic carbocycles. The summed E-state index contributed by atoms with van der Waals surface area (Å²) >= 11 is 0. The highest BCUT2D eigenvalue weighted by atomic mass is 19.3. The molecular weight excluding hydrogens is 238 g/mol. The van der Waals surface area contributed by atoms with Crippen molar-refractivity contribution in [1.29, 1.82) is 0 Å². The van der Waals surface area contributed by atoms with Crippen LogP contribution in [0.3, 0.4) is 0 Å². The Morgan fingerprint density at radius 3 is 2.50 bits per heavy atom. The van der Waals surface area contributed by atoms with Gasteiger partial charge < -0.3 is 10.6 Å². The molecule has 1 aromatic rings. The molecule has 0 saturated heterocycles. The van der Waals surface area contributed by atoms with Gasteiger partial charge in [0.1, 0.15) is 0 Å². The molecule has 0 aromatic heterocycles. The third-order valence-corrected chi connectivity index (χ3v) is 3.36. The minimum atomic E-state index is -2.69. The first kappa shape index (κ1) is 12.8. The van der Waals surface area contributed by atoms with E-state index in [2.05, 4.69) is 0 Å². The van der Waals surface area contributed by atoms with Crippen LogP contribution in [0.1, 0.15) is 19.3 Å². The monoisotopic (exact) mass is 254 g/mol. The molecule has 1 atom stereocenters. The number of amides is 1. The van der Waals surface area contributed by atoms with Crippen molar-refractivity contribution >= 4 is 17.3 Å². The second kappa shape index (κ2) is 4.55. The summed E-state index contributed by atoms with van der Waals surface area (Å²) in [6.07, 6.45) is -0.282. The van der Waals surface area contributed by atoms with E-state index in [1.807, 2.05) is 0 Å². The molecule has 5 heteroatoms. The summed E-state index contributed by atoms with van der Waals surface area (Å²) in [5.74, 6) is -3.53. The summed E-state index contributed by atoms with van der Waals surface area (Å²) in [4.78, 5) is 13.5. The molecule has 0 bridgehead atoms. The molecule has 0 radical (unpaired) electrons. The van der Waals surface area contributed by atoms with Crippen LogP contribution in [-0.2, 0) is 4.79 Å². The molecule has 2 N–H and O–H groups in total. The number of carbonyl (C=O) groups excluding carboxylic acids is 1. The molecule has 0 spiro atoms. The largest absolute Gasteiger partial charge is 0.399 e. The number of benzene rings is 1. The molecule has 1 unspecified atom stereocenters. The minimum Gasteiger partial charge on any atom is -0.399 e. The zero-order valence-corrected chi connectivity index (χ0v) is 10.2. The van der Waals surface area contributed by atoms with Crippen molar-refractivity contribution in [3.05, 3.63) is 24.3 Å². The van der Waals surface area contributed by atoms with Crippen molar-refractivity contribution in [3.63, 3.8) is 0 Å². The second-order valence-electron chi connectivity index (χ2n) is 4.78. The summed E-state index contributed by atoms with van der Waals surface area (Å²) in [6.45, 7) is 0. The number of carbonyl (C=O) groups is 1. The Morgan fingerprint density at radius 1 is 1.39 bits per heavy atom. The normalized spacial score (nSPS) is 21.8. The standard InChI is InChI=1S/C13H16F2N2O/c1-17(11-4-2-10(16)3-5-11)12(18)9-6-7-13(14,15)8-9/h2-5,9H,6-8,16H2,1H3. The van der Waals surface area contributed by atoms with E-state index in [0.717, 1.165) is 0 Å². The summed E-state index contributed by atoms with van der Waals surface area (Å²) in [5, 5.41) is 0. The molecular formula is C13H16F2N2O. The Bertz CT molecular complexity index is 445. The number of hydrogen-bond donors (Lipinski definition) is 1. The van der Waals surface area contributed by atoms with Crippen LogP contribution in [0.5, 0.6) is 0 Å². The Kier molecular flexibility index (Phi) is 3.24. The number of halogens is 2. The van der Waals surface area contributed by atoms with Gasteiger partial charge in [0.15, 0.2) is 0 Å². The number of anilines is 2. The van der Waals surface area contributed by atoms with Gasteiger partial charge in [-0.2, -0.15) is 0 Å². The molecule has 1 saturated carbocycles. The van der Waals surface area contributed by atoms with E-state index in [1.165, 1.54) is 4.90 Å². The summed E-state index contributed by atoms with van der Waals surface area (Å²) in [5.41, 5.74) is 6.83. The Balaban J connectivity index is 2.07. The van der Waals surface area contributed by atoms with Crippen molar-refractivity contribution in [2.45, 2.75) is 25.2 Å². The lowest BCUT2D eigenvalue weighted by Gasteiger charge is -2.21. The maximum Gasteiger partial charge on any atom is 0.248 e. The average molecular weight is 254 g/mol. The highest BCUT2D eigenvalue weighted by Crippen LogP contribution is 2.39. The SMILES string of the molecule is CN(C(=O)C1CCC(F)(F)C1)c1ccc(N)cc1. The topological polar surface area (TPSA) is 46.3 Å². The highest BCUT2D eigenvalue weighted by molar-refractivity contribution is 5.94. The highest BCUT2D eigenvalue weighted by Gasteiger charge is 2.43. The molecule has 1 amide bonds. The van der Waals surface area contributed by atoms with Gasteiger partial charge in [-0.05, 0) is 30.7 Å². The molecule has 0 heterocycles. The first-order valence-electron chi connectivity index (χ1n) is 5.90. The predicted molar refractivity (Wildman–Crippen MR) is 66.6 cm³/mol. The maximum atomic E-state index is 13.1. The third-order valence-electron chi connectivity index (χ3n) is 3.36. The lowest BCUT2D eigenvalue weighted by molar-refractivity contribution is -0.122. The van der Waals surface area contributed by atoms with Crippen LogP contribution in [-0.4, -0.2) is 18.9 Å². The van der Waals surface area contributed by atoms with Gasteiger partial charge in [0.05, 0.1) is 0 Å². The van der Waals surface area contributed by atoms with E-state index < -0.39 is 11.8 Å². The smallest absolute Gasteiger partial charge is 0.248 e. The van der Waals surface area contributed by atoms with Gasteiger partial charge in [-0.1, -0.05) is 0 Å². The van der Waals surface area contributed by atoms with E-state index >= 15 is 0 Å². The summed E-state index contributed by atoms with van der Waals surface area (Å²) in [6, 6.07) is 6.78. The lowest BCUT2D eigenvalue weighted by atomic mass is 10.1. The minimum absolute atomic E-state index is 0.195. The summed E-state index contributed by atoms with van der Waals surface area (Å²) < 4.78 is 26.2. The zero-order chi connectivity index (χ0) is 13.3. The van der Waals surface area contributed by atoms with Gasteiger partial charge in [0.25, 0.3) is 0 Å². The Morgan fingerprint density at radius 2 is 2.00 bits per heavy atom. The average Bonchev–Trinajstić information content (AvgIpc) is 2.69. The molecule has 98 valence electrons. The van der Waals surface area contributed by atoms with E-state index in [4.69, 9.17) is 5.73 Å². The number of hydrogen-bond acceptors (Lipinski definition) is 2. The second-order valence-corrected chi connectivity index (χ2v) is 4.78. The van der Waals surface area contributed by atoms with Gasteiger partial charge in [-0.15, -0.1) is 0 Å². The Hall–Kier alpha value is -1.65. The fraction of sp³-hybridized carbons (Fsp3) is 0.462. The maximum absolute atomic E-state index is 13.1. The van der Waals surface area contributed by atoms with Crippen LogP contribution in [0.15, 0.2) is 24.3 Å². The third kappa shape index (κ3) is 2.60. The summed E-state index contributed by atoms with van der Waals surface area (Å²) in [7, 11) is 1.60. The molecule has 18 heavy (non-hydrogen) atoms.